The maximum atomic E-state index is 5.91. The molecular weight excluding hydrogens is 190 g/mol. The minimum absolute atomic E-state index is 0.172. The zero-order valence-corrected chi connectivity index (χ0v) is 10.9. The molecule has 2 unspecified atom stereocenters. The highest BCUT2D eigenvalue weighted by molar-refractivity contribution is 4.67. The molecule has 2 atom stereocenters. The van der Waals surface area contributed by atoms with Crippen molar-refractivity contribution < 1.29 is 9.47 Å². The van der Waals surface area contributed by atoms with Crippen LogP contribution in [0.3, 0.4) is 0 Å². The molecule has 0 amide bonds. The van der Waals surface area contributed by atoms with E-state index in [4.69, 9.17) is 9.47 Å². The van der Waals surface area contributed by atoms with Gasteiger partial charge in [-0.05, 0) is 25.8 Å². The molecule has 0 aliphatic heterocycles. The SMILES string of the molecule is CCCNCC(OC(C)COC)C(C)C. The zero-order valence-electron chi connectivity index (χ0n) is 10.9. The molecule has 0 saturated heterocycles. The second-order valence-corrected chi connectivity index (χ2v) is 4.39. The molecule has 0 fully saturated rings. The number of ether oxygens (including phenoxy) is 2. The van der Waals surface area contributed by atoms with E-state index in [1.54, 1.807) is 7.11 Å². The van der Waals surface area contributed by atoms with Crippen molar-refractivity contribution in [2.24, 2.45) is 5.92 Å². The lowest BCUT2D eigenvalue weighted by Gasteiger charge is -2.25. The first-order valence-corrected chi connectivity index (χ1v) is 5.96. The largest absolute Gasteiger partial charge is 0.382 e. The highest BCUT2D eigenvalue weighted by Gasteiger charge is 2.16. The number of hydrogen-bond donors (Lipinski definition) is 1. The molecular formula is C12H27NO2. The summed E-state index contributed by atoms with van der Waals surface area (Å²) >= 11 is 0. The molecule has 15 heavy (non-hydrogen) atoms. The van der Waals surface area contributed by atoms with Crippen molar-refractivity contribution in [1.82, 2.24) is 5.32 Å². The van der Waals surface area contributed by atoms with Crippen molar-refractivity contribution in [3.8, 4) is 0 Å². The molecule has 3 nitrogen and oxygen atoms in total. The van der Waals surface area contributed by atoms with Gasteiger partial charge >= 0.3 is 0 Å². The quantitative estimate of drug-likeness (QED) is 0.600. The average molecular weight is 217 g/mol. The van der Waals surface area contributed by atoms with Crippen LogP contribution in [0.5, 0.6) is 0 Å². The third-order valence-corrected chi connectivity index (χ3v) is 2.32. The minimum Gasteiger partial charge on any atom is -0.382 e. The van der Waals surface area contributed by atoms with E-state index >= 15 is 0 Å². The molecule has 0 aromatic heterocycles. The highest BCUT2D eigenvalue weighted by atomic mass is 16.5. The van der Waals surface area contributed by atoms with Crippen molar-refractivity contribution >= 4 is 0 Å². The van der Waals surface area contributed by atoms with E-state index in [9.17, 15) is 0 Å². The number of hydrogen-bond acceptors (Lipinski definition) is 3. The number of nitrogens with one attached hydrogen (secondary N) is 1. The third-order valence-electron chi connectivity index (χ3n) is 2.32. The van der Waals surface area contributed by atoms with Crippen molar-refractivity contribution in [1.29, 1.82) is 0 Å². The second-order valence-electron chi connectivity index (χ2n) is 4.39. The van der Waals surface area contributed by atoms with Gasteiger partial charge in [-0.15, -0.1) is 0 Å². The van der Waals surface area contributed by atoms with Gasteiger partial charge in [-0.3, -0.25) is 0 Å². The monoisotopic (exact) mass is 217 g/mol. The van der Waals surface area contributed by atoms with Crippen LogP contribution in [0.2, 0.25) is 0 Å². The van der Waals surface area contributed by atoms with E-state index in [0.717, 1.165) is 13.1 Å². The molecule has 92 valence electrons. The van der Waals surface area contributed by atoms with Crippen LogP contribution in [0.15, 0.2) is 0 Å². The normalized spacial score (nSPS) is 15.6. The van der Waals surface area contributed by atoms with Gasteiger partial charge in [-0.25, -0.2) is 0 Å². The summed E-state index contributed by atoms with van der Waals surface area (Å²) in [5.41, 5.74) is 0. The van der Waals surface area contributed by atoms with E-state index in [0.29, 0.717) is 12.5 Å². The molecule has 0 spiro atoms. The number of rotatable bonds is 9. The van der Waals surface area contributed by atoms with E-state index < -0.39 is 0 Å². The molecule has 3 heteroatoms. The van der Waals surface area contributed by atoms with Crippen LogP contribution in [0.25, 0.3) is 0 Å². The first kappa shape index (κ1) is 14.9. The van der Waals surface area contributed by atoms with Crippen LogP contribution < -0.4 is 5.32 Å². The first-order chi connectivity index (χ1) is 7.11. The van der Waals surface area contributed by atoms with Crippen LogP contribution in [-0.4, -0.2) is 39.0 Å². The summed E-state index contributed by atoms with van der Waals surface area (Å²) in [6, 6.07) is 0. The van der Waals surface area contributed by atoms with Gasteiger partial charge in [0.25, 0.3) is 0 Å². The molecule has 1 N–H and O–H groups in total. The van der Waals surface area contributed by atoms with Crippen molar-refractivity contribution in [2.75, 3.05) is 26.8 Å². The fourth-order valence-electron chi connectivity index (χ4n) is 1.43. The summed E-state index contributed by atoms with van der Waals surface area (Å²) in [6.07, 6.45) is 1.62. The Balaban J connectivity index is 3.82. The molecule has 0 bridgehead atoms. The van der Waals surface area contributed by atoms with Crippen LogP contribution in [0.1, 0.15) is 34.1 Å². The Bertz CT molecular complexity index is 140. The fraction of sp³-hybridized carbons (Fsp3) is 1.00. The Labute approximate surface area is 94.5 Å². The summed E-state index contributed by atoms with van der Waals surface area (Å²) in [7, 11) is 1.71. The third kappa shape index (κ3) is 7.77. The topological polar surface area (TPSA) is 30.5 Å². The lowest BCUT2D eigenvalue weighted by atomic mass is 10.1. The van der Waals surface area contributed by atoms with Gasteiger partial charge in [0.1, 0.15) is 0 Å². The molecule has 0 aliphatic rings. The first-order valence-electron chi connectivity index (χ1n) is 5.96. The lowest BCUT2D eigenvalue weighted by molar-refractivity contribution is -0.0555. The maximum Gasteiger partial charge on any atom is 0.0784 e. The van der Waals surface area contributed by atoms with E-state index in [2.05, 4.69) is 33.0 Å². The Kier molecular flexibility index (Phi) is 9.06. The Morgan fingerprint density at radius 1 is 1.20 bits per heavy atom. The Morgan fingerprint density at radius 2 is 1.87 bits per heavy atom. The van der Waals surface area contributed by atoms with E-state index in [-0.39, 0.29) is 12.2 Å². The summed E-state index contributed by atoms with van der Waals surface area (Å²) in [5.74, 6) is 0.536. The summed E-state index contributed by atoms with van der Waals surface area (Å²) in [6.45, 7) is 11.3. The summed E-state index contributed by atoms with van der Waals surface area (Å²) in [4.78, 5) is 0. The molecule has 0 aromatic rings. The highest BCUT2D eigenvalue weighted by Crippen LogP contribution is 2.08. The molecule has 0 saturated carbocycles. The Hall–Kier alpha value is -0.120. The summed E-state index contributed by atoms with van der Waals surface area (Å²) < 4.78 is 11.0. The maximum absolute atomic E-state index is 5.91. The van der Waals surface area contributed by atoms with Gasteiger partial charge in [0.2, 0.25) is 0 Å². The van der Waals surface area contributed by atoms with E-state index in [1.165, 1.54) is 6.42 Å². The summed E-state index contributed by atoms with van der Waals surface area (Å²) in [5, 5.41) is 3.40. The van der Waals surface area contributed by atoms with Crippen LogP contribution in [0.4, 0.5) is 0 Å². The van der Waals surface area contributed by atoms with Gasteiger partial charge in [0, 0.05) is 13.7 Å². The second kappa shape index (κ2) is 9.13. The van der Waals surface area contributed by atoms with Crippen molar-refractivity contribution in [2.45, 2.75) is 46.3 Å². The molecule has 0 radical (unpaired) electrons. The van der Waals surface area contributed by atoms with Gasteiger partial charge in [-0.2, -0.15) is 0 Å². The molecule has 0 aliphatic carbocycles. The smallest absolute Gasteiger partial charge is 0.0784 e. The van der Waals surface area contributed by atoms with E-state index in [1.807, 2.05) is 0 Å². The molecule has 0 aromatic carbocycles. The van der Waals surface area contributed by atoms with Gasteiger partial charge in [-0.1, -0.05) is 20.8 Å². The standard InChI is InChI=1S/C12H27NO2/c1-6-7-13-8-12(10(2)3)15-11(4)9-14-5/h10-13H,6-9H2,1-5H3. The van der Waals surface area contributed by atoms with Gasteiger partial charge in [0.05, 0.1) is 18.8 Å². The Morgan fingerprint density at radius 3 is 2.33 bits per heavy atom. The van der Waals surface area contributed by atoms with Crippen molar-refractivity contribution in [3.05, 3.63) is 0 Å². The lowest BCUT2D eigenvalue weighted by Crippen LogP contribution is -2.36. The van der Waals surface area contributed by atoms with Gasteiger partial charge < -0.3 is 14.8 Å². The number of methoxy groups -OCH3 is 1. The van der Waals surface area contributed by atoms with Gasteiger partial charge in [0.15, 0.2) is 0 Å². The molecule has 0 heterocycles. The molecule has 0 rings (SSSR count). The predicted octanol–water partition coefficient (Wildman–Crippen LogP) is 2.06. The zero-order chi connectivity index (χ0) is 11.7. The van der Waals surface area contributed by atoms with Crippen LogP contribution >= 0.6 is 0 Å². The van der Waals surface area contributed by atoms with Crippen molar-refractivity contribution in [3.63, 3.8) is 0 Å². The minimum atomic E-state index is 0.172. The fourth-order valence-corrected chi connectivity index (χ4v) is 1.43. The average Bonchev–Trinajstić information content (AvgIpc) is 2.16. The van der Waals surface area contributed by atoms with Crippen LogP contribution in [0, 0.1) is 5.92 Å². The predicted molar refractivity (Wildman–Crippen MR) is 64.2 cm³/mol. The van der Waals surface area contributed by atoms with Crippen LogP contribution in [-0.2, 0) is 9.47 Å².